The predicted octanol–water partition coefficient (Wildman–Crippen LogP) is 5.35. The van der Waals surface area contributed by atoms with Gasteiger partial charge in [-0.05, 0) is 48.7 Å². The fourth-order valence-electron chi connectivity index (χ4n) is 3.71. The van der Waals surface area contributed by atoms with Gasteiger partial charge in [0, 0.05) is 27.7 Å². The molecular formula is C22H21ClFNO4. The second-order valence-corrected chi connectivity index (χ2v) is 7.61. The number of aromatic nitrogens is 1. The van der Waals surface area contributed by atoms with Crippen LogP contribution >= 0.6 is 11.6 Å². The molecule has 7 heteroatoms. The molecule has 152 valence electrons. The minimum Gasteiger partial charge on any atom is -0.505 e. The van der Waals surface area contributed by atoms with Crippen LogP contribution < -0.4 is 0 Å². The lowest BCUT2D eigenvalue weighted by atomic mass is 9.84. The molecule has 0 aliphatic carbocycles. The number of phenols is 1. The molecule has 2 aromatic carbocycles. The Morgan fingerprint density at radius 3 is 2.38 bits per heavy atom. The van der Waals surface area contributed by atoms with Crippen molar-refractivity contribution in [2.24, 2.45) is 5.92 Å². The molecule has 1 aromatic heterocycles. The van der Waals surface area contributed by atoms with Crippen LogP contribution in [0.1, 0.15) is 47.8 Å². The molecule has 0 bridgehead atoms. The van der Waals surface area contributed by atoms with Crippen molar-refractivity contribution in [1.82, 2.24) is 4.57 Å². The maximum Gasteiger partial charge on any atom is 0.311 e. The molecule has 0 amide bonds. The number of nitrogens with zero attached hydrogens (tertiary/aromatic N) is 1. The van der Waals surface area contributed by atoms with Crippen molar-refractivity contribution >= 4 is 34.4 Å². The third-order valence-corrected chi connectivity index (χ3v) is 5.66. The highest BCUT2D eigenvalue weighted by molar-refractivity contribution is 6.30. The fraction of sp³-hybridized carbons (Fsp3) is 0.273. The lowest BCUT2D eigenvalue weighted by molar-refractivity contribution is -0.140. The van der Waals surface area contributed by atoms with Gasteiger partial charge < -0.3 is 10.2 Å². The molecule has 0 aliphatic rings. The number of rotatable bonds is 5. The van der Waals surface area contributed by atoms with Gasteiger partial charge in [0.1, 0.15) is 0 Å². The van der Waals surface area contributed by atoms with Gasteiger partial charge in [-0.1, -0.05) is 31.9 Å². The number of carboxylic acids is 1. The molecule has 0 saturated carbocycles. The summed E-state index contributed by atoms with van der Waals surface area (Å²) in [6, 6.07) is 8.50. The summed E-state index contributed by atoms with van der Waals surface area (Å²) in [5.74, 6) is -4.10. The largest absolute Gasteiger partial charge is 0.505 e. The average molecular weight is 418 g/mol. The number of carbonyl (C=O) groups is 2. The second-order valence-electron chi connectivity index (χ2n) is 7.17. The lowest BCUT2D eigenvalue weighted by Gasteiger charge is -2.20. The molecular weight excluding hydrogens is 397 g/mol. The lowest BCUT2D eigenvalue weighted by Crippen LogP contribution is -2.21. The molecule has 2 N–H and O–H groups in total. The molecule has 0 aliphatic heterocycles. The van der Waals surface area contributed by atoms with Crippen LogP contribution in [0.25, 0.3) is 10.9 Å². The van der Waals surface area contributed by atoms with E-state index in [2.05, 4.69) is 0 Å². The van der Waals surface area contributed by atoms with Gasteiger partial charge in [0.25, 0.3) is 5.91 Å². The van der Waals surface area contributed by atoms with Gasteiger partial charge in [-0.3, -0.25) is 14.2 Å². The molecule has 2 atom stereocenters. The zero-order valence-electron chi connectivity index (χ0n) is 16.2. The van der Waals surface area contributed by atoms with Crippen molar-refractivity contribution in [3.05, 3.63) is 64.1 Å². The van der Waals surface area contributed by atoms with Crippen molar-refractivity contribution < 1.29 is 24.2 Å². The quantitative estimate of drug-likeness (QED) is 0.586. The Hall–Kier alpha value is -2.86. The Morgan fingerprint density at radius 2 is 1.83 bits per heavy atom. The molecule has 3 aromatic rings. The van der Waals surface area contributed by atoms with E-state index in [1.807, 2.05) is 13.8 Å². The number of phenolic OH excluding ortho intramolecular Hbond substituents is 1. The van der Waals surface area contributed by atoms with Crippen molar-refractivity contribution in [2.75, 3.05) is 0 Å². The van der Waals surface area contributed by atoms with E-state index >= 15 is 0 Å². The highest BCUT2D eigenvalue weighted by atomic mass is 35.5. The Morgan fingerprint density at radius 1 is 1.21 bits per heavy atom. The number of carboxylic acid groups (broad SMARTS) is 1. The number of aromatic hydroxyl groups is 1. The summed E-state index contributed by atoms with van der Waals surface area (Å²) in [5, 5.41) is 20.6. The van der Waals surface area contributed by atoms with E-state index in [1.54, 1.807) is 31.2 Å². The van der Waals surface area contributed by atoms with Gasteiger partial charge >= 0.3 is 5.97 Å². The number of hydrogen-bond donors (Lipinski definition) is 2. The third kappa shape index (κ3) is 3.60. The number of benzene rings is 2. The summed E-state index contributed by atoms with van der Waals surface area (Å²) in [4.78, 5) is 25.3. The molecule has 0 saturated heterocycles. The number of aliphatic carboxylic acids is 1. The summed E-state index contributed by atoms with van der Waals surface area (Å²) >= 11 is 5.90. The first-order valence-electron chi connectivity index (χ1n) is 9.23. The zero-order chi connectivity index (χ0) is 21.5. The number of hydrogen-bond acceptors (Lipinski definition) is 3. The first kappa shape index (κ1) is 20.9. The standard InChI is InChI=1S/C22H21ClFNO4/c1-4-11(2)19(22(28)29)20-12(3)25(17-10-16(24)18(26)9-15(17)20)21(27)13-5-7-14(23)8-6-13/h5-11,19,26H,4H2,1-3H3,(H,28,29)/t11?,19-/m1/s1. The predicted molar refractivity (Wildman–Crippen MR) is 109 cm³/mol. The minimum atomic E-state index is -1.04. The topological polar surface area (TPSA) is 79.5 Å². The van der Waals surface area contributed by atoms with Crippen molar-refractivity contribution in [3.63, 3.8) is 0 Å². The number of halogens is 2. The first-order valence-corrected chi connectivity index (χ1v) is 9.61. The molecule has 29 heavy (non-hydrogen) atoms. The van der Waals surface area contributed by atoms with Gasteiger partial charge in [0.15, 0.2) is 11.6 Å². The summed E-state index contributed by atoms with van der Waals surface area (Å²) in [6.07, 6.45) is 0.599. The van der Waals surface area contributed by atoms with E-state index in [0.29, 0.717) is 33.7 Å². The van der Waals surface area contributed by atoms with Crippen LogP contribution in [0.5, 0.6) is 5.75 Å². The maximum absolute atomic E-state index is 14.2. The van der Waals surface area contributed by atoms with Gasteiger partial charge in [0.05, 0.1) is 11.4 Å². The highest BCUT2D eigenvalue weighted by Gasteiger charge is 2.33. The van der Waals surface area contributed by atoms with E-state index in [4.69, 9.17) is 11.6 Å². The van der Waals surface area contributed by atoms with Crippen LogP contribution in [-0.2, 0) is 4.79 Å². The van der Waals surface area contributed by atoms with Crippen molar-refractivity contribution in [2.45, 2.75) is 33.1 Å². The Bertz CT molecular complexity index is 1100. The van der Waals surface area contributed by atoms with Gasteiger partial charge in [0.2, 0.25) is 0 Å². The Kier molecular flexibility index (Phi) is 5.66. The SMILES string of the molecule is CCC(C)[C@@H](C(=O)O)c1c(C)n(C(=O)c2ccc(Cl)cc2)c2cc(F)c(O)cc12. The van der Waals surface area contributed by atoms with Gasteiger partial charge in [-0.25, -0.2) is 4.39 Å². The Labute approximate surface area is 172 Å². The molecule has 0 fully saturated rings. The summed E-state index contributed by atoms with van der Waals surface area (Å²) in [7, 11) is 0. The van der Waals surface area contributed by atoms with E-state index in [1.165, 1.54) is 10.6 Å². The molecule has 1 heterocycles. The summed E-state index contributed by atoms with van der Waals surface area (Å²) in [5.41, 5.74) is 1.34. The third-order valence-electron chi connectivity index (χ3n) is 5.41. The monoisotopic (exact) mass is 417 g/mol. The molecule has 1 unspecified atom stereocenters. The average Bonchev–Trinajstić information content (AvgIpc) is 2.93. The van der Waals surface area contributed by atoms with Crippen LogP contribution in [0.2, 0.25) is 5.02 Å². The van der Waals surface area contributed by atoms with E-state index in [0.717, 1.165) is 6.07 Å². The second kappa shape index (κ2) is 7.87. The van der Waals surface area contributed by atoms with Gasteiger partial charge in [-0.15, -0.1) is 0 Å². The highest BCUT2D eigenvalue weighted by Crippen LogP contribution is 2.39. The van der Waals surface area contributed by atoms with Crippen LogP contribution in [-0.4, -0.2) is 26.7 Å². The number of carbonyl (C=O) groups excluding carboxylic acids is 1. The normalized spacial score (nSPS) is 13.4. The summed E-state index contributed by atoms with van der Waals surface area (Å²) in [6.45, 7) is 5.33. The minimum absolute atomic E-state index is 0.210. The Balaban J connectivity index is 2.35. The van der Waals surface area contributed by atoms with E-state index < -0.39 is 29.4 Å². The summed E-state index contributed by atoms with van der Waals surface area (Å²) < 4.78 is 15.5. The maximum atomic E-state index is 14.2. The zero-order valence-corrected chi connectivity index (χ0v) is 17.0. The molecule has 0 spiro atoms. The fourth-order valence-corrected chi connectivity index (χ4v) is 3.84. The van der Waals surface area contributed by atoms with E-state index in [9.17, 15) is 24.2 Å². The van der Waals surface area contributed by atoms with Gasteiger partial charge in [-0.2, -0.15) is 0 Å². The smallest absolute Gasteiger partial charge is 0.311 e. The molecule has 5 nitrogen and oxygen atoms in total. The van der Waals surface area contributed by atoms with Crippen molar-refractivity contribution in [3.8, 4) is 5.75 Å². The van der Waals surface area contributed by atoms with Crippen LogP contribution in [0.4, 0.5) is 4.39 Å². The van der Waals surface area contributed by atoms with Crippen LogP contribution in [0.15, 0.2) is 36.4 Å². The van der Waals surface area contributed by atoms with Crippen LogP contribution in [0.3, 0.4) is 0 Å². The molecule has 0 radical (unpaired) electrons. The van der Waals surface area contributed by atoms with E-state index in [-0.39, 0.29) is 11.4 Å². The molecule has 3 rings (SSSR count). The first-order chi connectivity index (χ1) is 13.7. The van der Waals surface area contributed by atoms with Crippen molar-refractivity contribution in [1.29, 1.82) is 0 Å². The number of fused-ring (bicyclic) bond motifs is 1. The van der Waals surface area contributed by atoms with Crippen LogP contribution in [0, 0.1) is 18.7 Å².